The Morgan fingerprint density at radius 1 is 1.12 bits per heavy atom. The van der Waals surface area contributed by atoms with Crippen molar-refractivity contribution in [2.45, 2.75) is 17.4 Å². The van der Waals surface area contributed by atoms with Gasteiger partial charge in [-0.2, -0.15) is 0 Å². The van der Waals surface area contributed by atoms with Crippen LogP contribution in [0, 0.1) is 0 Å². The fourth-order valence-corrected chi connectivity index (χ4v) is 3.28. The highest BCUT2D eigenvalue weighted by atomic mass is 32.2. The van der Waals surface area contributed by atoms with E-state index in [2.05, 4.69) is 15.3 Å². The van der Waals surface area contributed by atoms with E-state index in [0.29, 0.717) is 23.1 Å². The Kier molecular flexibility index (Phi) is 4.96. The predicted molar refractivity (Wildman–Crippen MR) is 97.3 cm³/mol. The number of nitrogens with zero attached hydrogens (tertiary/aromatic N) is 2. The topological polar surface area (TPSA) is 92.2 Å². The number of aliphatic hydroxyl groups is 1. The fourth-order valence-electron chi connectivity index (χ4n) is 2.63. The summed E-state index contributed by atoms with van der Waals surface area (Å²) < 4.78 is 23.6. The van der Waals surface area contributed by atoms with E-state index in [4.69, 9.17) is 0 Å². The lowest BCUT2D eigenvalue weighted by atomic mass is 10.1. The molecule has 3 aromatic rings. The summed E-state index contributed by atoms with van der Waals surface area (Å²) in [7, 11) is -3.33. The fraction of sp³-hybridized carbons (Fsp3) is 0.222. The highest BCUT2D eigenvalue weighted by molar-refractivity contribution is 7.90. The van der Waals surface area contributed by atoms with E-state index in [0.717, 1.165) is 11.8 Å². The second-order valence-corrected chi connectivity index (χ2v) is 7.90. The van der Waals surface area contributed by atoms with Gasteiger partial charge in [0.2, 0.25) is 0 Å². The molecule has 0 fully saturated rings. The summed E-state index contributed by atoms with van der Waals surface area (Å²) in [5, 5.41) is 13.5. The molecule has 1 heterocycles. The second-order valence-electron chi connectivity index (χ2n) is 5.89. The number of hydrogen-bond donors (Lipinski definition) is 2. The lowest BCUT2D eigenvalue weighted by Crippen LogP contribution is -2.27. The molecule has 0 bridgehead atoms. The largest absolute Gasteiger partial charge is 0.394 e. The summed E-state index contributed by atoms with van der Waals surface area (Å²) in [6.45, 7) is -0.0772. The molecular formula is C18H19N3O3S. The molecular weight excluding hydrogens is 338 g/mol. The zero-order valence-corrected chi connectivity index (χ0v) is 14.6. The SMILES string of the molecule is CS(=O)(=O)c1ccc2ncnc(N[C@H](CO)Cc3ccccc3)c2c1. The Balaban J connectivity index is 1.94. The maximum Gasteiger partial charge on any atom is 0.175 e. The van der Waals surface area contributed by atoms with Crippen LogP contribution in [0.2, 0.25) is 0 Å². The van der Waals surface area contributed by atoms with Crippen LogP contribution >= 0.6 is 0 Å². The first kappa shape index (κ1) is 17.3. The number of aliphatic hydroxyl groups excluding tert-OH is 1. The van der Waals surface area contributed by atoms with Crippen molar-refractivity contribution >= 4 is 26.6 Å². The third-order valence-corrected chi connectivity index (χ3v) is 5.03. The Labute approximate surface area is 146 Å². The summed E-state index contributed by atoms with van der Waals surface area (Å²) >= 11 is 0. The summed E-state index contributed by atoms with van der Waals surface area (Å²) in [5.74, 6) is 0.505. The molecule has 0 spiro atoms. The number of hydrogen-bond acceptors (Lipinski definition) is 6. The molecule has 1 atom stereocenters. The summed E-state index contributed by atoms with van der Waals surface area (Å²) in [6.07, 6.45) is 3.20. The van der Waals surface area contributed by atoms with Gasteiger partial charge in [-0.3, -0.25) is 0 Å². The molecule has 0 aliphatic heterocycles. The lowest BCUT2D eigenvalue weighted by Gasteiger charge is -2.18. The third-order valence-electron chi connectivity index (χ3n) is 3.92. The smallest absolute Gasteiger partial charge is 0.175 e. The maximum absolute atomic E-state index is 11.8. The quantitative estimate of drug-likeness (QED) is 0.701. The molecule has 6 nitrogen and oxygen atoms in total. The molecule has 0 unspecified atom stereocenters. The van der Waals surface area contributed by atoms with Crippen LogP contribution in [0.4, 0.5) is 5.82 Å². The Hall–Kier alpha value is -2.51. The van der Waals surface area contributed by atoms with E-state index in [-0.39, 0.29) is 17.5 Å². The molecule has 2 N–H and O–H groups in total. The van der Waals surface area contributed by atoms with Gasteiger partial charge in [-0.05, 0) is 30.2 Å². The average Bonchev–Trinajstić information content (AvgIpc) is 2.61. The van der Waals surface area contributed by atoms with Crippen molar-refractivity contribution in [2.24, 2.45) is 0 Å². The van der Waals surface area contributed by atoms with Crippen LogP contribution < -0.4 is 5.32 Å². The first-order valence-electron chi connectivity index (χ1n) is 7.83. The zero-order chi connectivity index (χ0) is 17.9. The van der Waals surface area contributed by atoms with E-state index in [1.807, 2.05) is 30.3 Å². The van der Waals surface area contributed by atoms with Gasteiger partial charge in [-0.15, -0.1) is 0 Å². The van der Waals surface area contributed by atoms with Crippen molar-refractivity contribution in [1.82, 2.24) is 9.97 Å². The van der Waals surface area contributed by atoms with Crippen molar-refractivity contribution < 1.29 is 13.5 Å². The van der Waals surface area contributed by atoms with Gasteiger partial charge in [-0.1, -0.05) is 30.3 Å². The van der Waals surface area contributed by atoms with Crippen molar-refractivity contribution in [3.8, 4) is 0 Å². The first-order chi connectivity index (χ1) is 12.0. The molecule has 0 saturated carbocycles. The van der Waals surface area contributed by atoms with Crippen molar-refractivity contribution in [3.05, 3.63) is 60.4 Å². The van der Waals surface area contributed by atoms with Crippen LogP contribution in [0.1, 0.15) is 5.56 Å². The van der Waals surface area contributed by atoms with Gasteiger partial charge in [-0.25, -0.2) is 18.4 Å². The van der Waals surface area contributed by atoms with E-state index in [1.165, 1.54) is 12.4 Å². The minimum atomic E-state index is -3.33. The van der Waals surface area contributed by atoms with E-state index >= 15 is 0 Å². The minimum Gasteiger partial charge on any atom is -0.394 e. The number of nitrogens with one attached hydrogen (secondary N) is 1. The molecule has 0 aliphatic carbocycles. The van der Waals surface area contributed by atoms with Crippen molar-refractivity contribution in [3.63, 3.8) is 0 Å². The van der Waals surface area contributed by atoms with Crippen LogP contribution in [0.3, 0.4) is 0 Å². The van der Waals surface area contributed by atoms with Gasteiger partial charge in [0.05, 0.1) is 23.1 Å². The molecule has 3 rings (SSSR count). The molecule has 0 saturated heterocycles. The second kappa shape index (κ2) is 7.16. The van der Waals surface area contributed by atoms with Gasteiger partial charge >= 0.3 is 0 Å². The number of anilines is 1. The molecule has 0 amide bonds. The molecule has 1 aromatic heterocycles. The van der Waals surface area contributed by atoms with Crippen LogP contribution in [0.25, 0.3) is 10.9 Å². The molecule has 130 valence electrons. The van der Waals surface area contributed by atoms with Gasteiger partial charge in [0.15, 0.2) is 9.84 Å². The highest BCUT2D eigenvalue weighted by Crippen LogP contribution is 2.24. The molecule has 7 heteroatoms. The van der Waals surface area contributed by atoms with Gasteiger partial charge in [0.25, 0.3) is 0 Å². The van der Waals surface area contributed by atoms with Gasteiger partial charge in [0.1, 0.15) is 12.1 Å². The highest BCUT2D eigenvalue weighted by Gasteiger charge is 2.14. The van der Waals surface area contributed by atoms with Crippen LogP contribution in [-0.2, 0) is 16.3 Å². The first-order valence-corrected chi connectivity index (χ1v) is 9.72. The van der Waals surface area contributed by atoms with E-state index in [1.54, 1.807) is 12.1 Å². The molecule has 25 heavy (non-hydrogen) atoms. The molecule has 0 aliphatic rings. The molecule has 0 radical (unpaired) electrons. The Morgan fingerprint density at radius 2 is 1.88 bits per heavy atom. The normalized spacial score (nSPS) is 12.9. The minimum absolute atomic E-state index is 0.0772. The monoisotopic (exact) mass is 357 g/mol. The number of aromatic nitrogens is 2. The Morgan fingerprint density at radius 3 is 2.56 bits per heavy atom. The van der Waals surface area contributed by atoms with Gasteiger partial charge < -0.3 is 10.4 Å². The summed E-state index contributed by atoms with van der Waals surface area (Å²) in [4.78, 5) is 8.61. The van der Waals surface area contributed by atoms with Crippen LogP contribution in [0.5, 0.6) is 0 Å². The van der Waals surface area contributed by atoms with Crippen molar-refractivity contribution in [2.75, 3.05) is 18.2 Å². The van der Waals surface area contributed by atoms with E-state index < -0.39 is 9.84 Å². The standard InChI is InChI=1S/C18H19N3O3S/c1-25(23,24)15-7-8-17-16(10-15)18(20-12-19-17)21-14(11-22)9-13-5-3-2-4-6-13/h2-8,10,12,14,22H,9,11H2,1H3,(H,19,20,21)/t14-/m0/s1. The predicted octanol–water partition coefficient (Wildman–Crippen LogP) is 2.05. The zero-order valence-electron chi connectivity index (χ0n) is 13.8. The third kappa shape index (κ3) is 4.12. The van der Waals surface area contributed by atoms with Crippen molar-refractivity contribution in [1.29, 1.82) is 0 Å². The summed E-state index contributed by atoms with van der Waals surface area (Å²) in [6, 6.07) is 14.3. The lowest BCUT2D eigenvalue weighted by molar-refractivity contribution is 0.273. The Bertz CT molecular complexity index is 975. The number of sulfone groups is 1. The number of benzene rings is 2. The van der Waals surface area contributed by atoms with Crippen LogP contribution in [0.15, 0.2) is 59.8 Å². The number of fused-ring (bicyclic) bond motifs is 1. The number of rotatable bonds is 6. The average molecular weight is 357 g/mol. The summed E-state index contributed by atoms with van der Waals surface area (Å²) in [5.41, 5.74) is 1.73. The van der Waals surface area contributed by atoms with E-state index in [9.17, 15) is 13.5 Å². The van der Waals surface area contributed by atoms with Crippen LogP contribution in [-0.4, -0.2) is 42.4 Å². The van der Waals surface area contributed by atoms with Gasteiger partial charge in [0, 0.05) is 11.6 Å². The molecule has 2 aromatic carbocycles. The maximum atomic E-state index is 11.8.